The van der Waals surface area contributed by atoms with E-state index in [9.17, 15) is 34.2 Å². The molecular formula is C51H47N5O24S4. The van der Waals surface area contributed by atoms with Gasteiger partial charge < -0.3 is 55.2 Å². The van der Waals surface area contributed by atoms with Crippen LogP contribution in [0.2, 0.25) is 0 Å². The summed E-state index contributed by atoms with van der Waals surface area (Å²) in [5, 5.41) is 98.1. The summed E-state index contributed by atoms with van der Waals surface area (Å²) in [6, 6.07) is 22.6. The molecule has 0 atom stereocenters. The zero-order chi connectivity index (χ0) is 61.0. The zero-order valence-corrected chi connectivity index (χ0v) is 46.5. The number of ketones is 1. The molecule has 0 aromatic heterocycles. The Morgan fingerprint density at radius 1 is 0.536 bits per heavy atom. The van der Waals surface area contributed by atoms with E-state index in [0.717, 1.165) is 0 Å². The number of fused-ring (bicyclic) bond motifs is 4. The number of carboxylic acid groups (broad SMARTS) is 3. The van der Waals surface area contributed by atoms with Crippen molar-refractivity contribution in [2.75, 3.05) is 44.4 Å². The third kappa shape index (κ3) is 16.3. The van der Waals surface area contributed by atoms with Crippen LogP contribution in [-0.4, -0.2) is 98.9 Å². The number of hydrogen-bond donors (Lipinski definition) is 12. The van der Waals surface area contributed by atoms with E-state index in [1.165, 1.54) is 62.4 Å². The van der Waals surface area contributed by atoms with E-state index in [-0.39, 0.29) is 143 Å². The number of amides is 1. The number of aromatic carboxylic acids is 2. The van der Waals surface area contributed by atoms with Crippen LogP contribution in [0.4, 0.5) is 11.4 Å². The van der Waals surface area contributed by atoms with Crippen molar-refractivity contribution in [1.29, 1.82) is 10.8 Å². The highest BCUT2D eigenvalue weighted by Crippen LogP contribution is 2.49. The summed E-state index contributed by atoms with van der Waals surface area (Å²) in [5.74, 6) is -3.66. The van der Waals surface area contributed by atoms with Crippen LogP contribution in [0.1, 0.15) is 51.3 Å². The second-order valence-electron chi connectivity index (χ2n) is 16.7. The molecule has 4 aliphatic rings. The van der Waals surface area contributed by atoms with Crippen molar-refractivity contribution in [1.82, 2.24) is 5.32 Å². The van der Waals surface area contributed by atoms with E-state index in [0.29, 0.717) is 75.6 Å². The number of nitrogen functional groups attached to an aromatic ring is 2. The highest BCUT2D eigenvalue weighted by molar-refractivity contribution is 7.95. The SMILES string of the molecule is CC(C)=O.N=c1ccc2c(-c3cc(C(=O)NCCOCCOCCC(=O)O)ccc3C(=O)O)c3ccc(N)c(SOOO)c3oc-2c1SOOO.N=c1ccc2c(-c3ccccc3C(=O)O)c3ccc(N)c(SOOO)c3oc-2c1SOOO. The summed E-state index contributed by atoms with van der Waals surface area (Å²) < 4.78 is 41.1. The lowest BCUT2D eigenvalue weighted by Crippen LogP contribution is -2.27. The van der Waals surface area contributed by atoms with E-state index < -0.39 is 23.8 Å². The Morgan fingerprint density at radius 3 is 1.44 bits per heavy atom. The molecule has 29 nitrogen and oxygen atoms in total. The number of benzene rings is 6. The molecule has 2 aliphatic carbocycles. The quantitative estimate of drug-likeness (QED) is 0.00599. The third-order valence-corrected chi connectivity index (χ3v) is 14.0. The molecule has 0 spiro atoms. The highest BCUT2D eigenvalue weighted by Gasteiger charge is 2.30. The number of carboxylic acids is 3. The number of nitrogens with one attached hydrogen (secondary N) is 3. The van der Waals surface area contributed by atoms with Crippen LogP contribution in [0.25, 0.3) is 66.8 Å². The molecule has 1 amide bonds. The van der Waals surface area contributed by atoms with Crippen LogP contribution in [0.5, 0.6) is 0 Å². The van der Waals surface area contributed by atoms with Crippen molar-refractivity contribution in [3.05, 3.63) is 118 Å². The minimum absolute atomic E-state index is 0.00491. The largest absolute Gasteiger partial charge is 0.481 e. The average molecular weight is 1240 g/mol. The molecule has 4 aromatic rings. The number of Topliss-reactive ketones (excluding diaryl/α,β-unsaturated/α-hetero) is 1. The molecule has 8 rings (SSSR count). The van der Waals surface area contributed by atoms with Gasteiger partial charge in [0.05, 0.1) is 114 Å². The van der Waals surface area contributed by atoms with Crippen LogP contribution in [0.15, 0.2) is 119 Å². The van der Waals surface area contributed by atoms with E-state index in [1.807, 2.05) is 0 Å². The molecule has 444 valence electrons. The molecule has 14 N–H and O–H groups in total. The van der Waals surface area contributed by atoms with Gasteiger partial charge in [-0.1, -0.05) is 38.4 Å². The molecule has 0 fully saturated rings. The minimum atomic E-state index is -1.31. The van der Waals surface area contributed by atoms with Gasteiger partial charge in [-0.3, -0.25) is 20.4 Å². The first-order chi connectivity index (χ1) is 40.4. The summed E-state index contributed by atoms with van der Waals surface area (Å²) in [4.78, 5) is 58.1. The van der Waals surface area contributed by atoms with Crippen LogP contribution in [0, 0.1) is 10.8 Å². The Balaban J connectivity index is 0.000000266. The molecule has 0 bridgehead atoms. The van der Waals surface area contributed by atoms with Crippen molar-refractivity contribution < 1.29 is 116 Å². The first-order valence-electron chi connectivity index (χ1n) is 23.5. The van der Waals surface area contributed by atoms with Gasteiger partial charge in [0.15, 0.2) is 22.7 Å². The predicted molar refractivity (Wildman–Crippen MR) is 296 cm³/mol. The van der Waals surface area contributed by atoms with E-state index in [4.69, 9.17) is 66.7 Å². The van der Waals surface area contributed by atoms with Gasteiger partial charge in [-0.15, -0.1) is 17.3 Å². The van der Waals surface area contributed by atoms with Gasteiger partial charge in [0, 0.05) is 45.1 Å². The highest BCUT2D eigenvalue weighted by atomic mass is 32.2. The molecule has 0 saturated heterocycles. The summed E-state index contributed by atoms with van der Waals surface area (Å²) in [7, 11) is 0. The maximum atomic E-state index is 13.1. The zero-order valence-electron chi connectivity index (χ0n) is 43.3. The van der Waals surface area contributed by atoms with Crippen LogP contribution in [0.3, 0.4) is 0 Å². The number of rotatable bonds is 26. The fourth-order valence-corrected chi connectivity index (χ4v) is 9.82. The van der Waals surface area contributed by atoms with Gasteiger partial charge in [0.2, 0.25) is 0 Å². The van der Waals surface area contributed by atoms with Gasteiger partial charge in [0.25, 0.3) is 5.91 Å². The summed E-state index contributed by atoms with van der Waals surface area (Å²) in [6.45, 7) is 3.70. The lowest BCUT2D eigenvalue weighted by atomic mass is 9.89. The second kappa shape index (κ2) is 31.8. The van der Waals surface area contributed by atoms with Crippen molar-refractivity contribution in [2.24, 2.45) is 0 Å². The minimum Gasteiger partial charge on any atom is -0.481 e. The molecular weight excluding hydrogens is 1190 g/mol. The molecule has 0 unspecified atom stereocenters. The van der Waals surface area contributed by atoms with Crippen molar-refractivity contribution >= 4 is 111 Å². The van der Waals surface area contributed by atoms with E-state index in [1.54, 1.807) is 42.5 Å². The third-order valence-electron chi connectivity index (χ3n) is 11.2. The second-order valence-corrected chi connectivity index (χ2v) is 19.5. The maximum Gasteiger partial charge on any atom is 0.336 e. The maximum absolute atomic E-state index is 13.1. The van der Waals surface area contributed by atoms with E-state index in [2.05, 4.69) is 42.8 Å². The molecule has 4 aromatic carbocycles. The standard InChI is InChI=1S/C28H27N3O14S2.C20H14N2O9S2.C3H6O/c29-19-5-3-16-22(17-4-6-20(30)26(47-45-43-38)24(17)41-23(16)25(19)46-44-42-37)18-13-14(1-2-15(18)28(35)36)27(34)31-8-10-40-12-11-39-9-7-21(32)33;21-13-7-5-11-15(9-3-1-2-4-10(9)20(23)24)12-6-8-14(22)19(33-31-29-26)17(12)27-16(11)18(13)32-30-28-25;1-3(2)4/h1-6,13,29,37-38H,7-12,30H2,(H,31,34)(H,32,33)(H,35,36);1-8,21,25-26H,22H2,(H,23,24);1-2H3. The first kappa shape index (κ1) is 65.4. The summed E-state index contributed by atoms with van der Waals surface area (Å²) in [5.41, 5.74) is 14.7. The number of hydrogen-bond acceptors (Lipinski definition) is 29. The van der Waals surface area contributed by atoms with Gasteiger partial charge in [-0.05, 0) is 97.8 Å². The molecule has 84 heavy (non-hydrogen) atoms. The lowest BCUT2D eigenvalue weighted by Gasteiger charge is -2.20. The van der Waals surface area contributed by atoms with Crippen LogP contribution < -0.4 is 27.5 Å². The normalized spacial score (nSPS) is 11.1. The van der Waals surface area contributed by atoms with Crippen molar-refractivity contribution in [2.45, 2.75) is 39.9 Å². The first-order valence-corrected chi connectivity index (χ1v) is 26.5. The Kier molecular flexibility index (Phi) is 24.7. The fraction of sp³-hybridized carbons (Fsp3) is 0.157. The molecule has 0 saturated carbocycles. The topological polar surface area (TPSA) is 457 Å². The molecule has 33 heteroatoms. The summed E-state index contributed by atoms with van der Waals surface area (Å²) >= 11 is 2.03. The Labute approximate surface area is 488 Å². The fourth-order valence-electron chi connectivity index (χ4n) is 7.87. The van der Waals surface area contributed by atoms with Crippen LogP contribution >= 0.6 is 48.2 Å². The number of carbonyl (C=O) groups is 5. The number of nitrogens with two attached hydrogens (primary N) is 2. The Morgan fingerprint density at radius 2 is 0.976 bits per heavy atom. The number of anilines is 2. The number of aliphatic carboxylic acids is 1. The Hall–Kier alpha value is -7.75. The molecule has 0 radical (unpaired) electrons. The van der Waals surface area contributed by atoms with Gasteiger partial charge >= 0.3 is 17.9 Å². The van der Waals surface area contributed by atoms with Crippen molar-refractivity contribution in [3.8, 4) is 44.9 Å². The van der Waals surface area contributed by atoms with Crippen LogP contribution in [-0.2, 0) is 56.6 Å². The summed E-state index contributed by atoms with van der Waals surface area (Å²) in [6.07, 6.45) is -0.123. The number of carbonyl (C=O) groups excluding carboxylic acids is 2. The lowest BCUT2D eigenvalue weighted by molar-refractivity contribution is -0.432. The van der Waals surface area contributed by atoms with Crippen molar-refractivity contribution in [3.63, 3.8) is 0 Å². The average Bonchev–Trinajstić information content (AvgIpc) is 0.950. The number of ether oxygens (including phenoxy) is 2. The monoisotopic (exact) mass is 1240 g/mol. The van der Waals surface area contributed by atoms with E-state index >= 15 is 0 Å². The van der Waals surface area contributed by atoms with Gasteiger partial charge in [-0.2, -0.15) is 0 Å². The molecule has 2 heterocycles. The Bertz CT molecular complexity index is 3730. The van der Waals surface area contributed by atoms with Gasteiger partial charge in [-0.25, -0.2) is 30.6 Å². The predicted octanol–water partition coefficient (Wildman–Crippen LogP) is 9.48. The molecule has 2 aliphatic heterocycles. The van der Waals surface area contributed by atoms with Gasteiger partial charge in [0.1, 0.15) is 25.4 Å². The smallest absolute Gasteiger partial charge is 0.336 e.